The van der Waals surface area contributed by atoms with Gasteiger partial charge in [-0.2, -0.15) is 0 Å². The Kier molecular flexibility index (Phi) is 6.40. The van der Waals surface area contributed by atoms with Crippen LogP contribution < -0.4 is 5.32 Å². The molecule has 0 aliphatic carbocycles. The highest BCUT2D eigenvalue weighted by Gasteiger charge is 2.25. The molecule has 0 saturated carbocycles. The number of benzene rings is 1. The average Bonchev–Trinajstić information content (AvgIpc) is 2.48. The van der Waals surface area contributed by atoms with Gasteiger partial charge in [0.1, 0.15) is 0 Å². The van der Waals surface area contributed by atoms with Crippen molar-refractivity contribution < 1.29 is 13.2 Å². The lowest BCUT2D eigenvalue weighted by atomic mass is 10.0. The van der Waals surface area contributed by atoms with E-state index in [0.717, 1.165) is 12.0 Å². The average molecular weight is 353 g/mol. The van der Waals surface area contributed by atoms with Crippen LogP contribution >= 0.6 is 0 Å². The predicted molar refractivity (Wildman–Crippen MR) is 96.3 cm³/mol. The lowest BCUT2D eigenvalue weighted by Crippen LogP contribution is -2.46. The number of sulfonamides is 1. The maximum Gasteiger partial charge on any atom is 0.224 e. The molecule has 6 heteroatoms. The van der Waals surface area contributed by atoms with Crippen molar-refractivity contribution in [2.24, 2.45) is 5.92 Å². The SMILES string of the molecule is CC(C)Cc1ccc(CC(=O)NC2CCN(S(C)(=O)=O)CC2)cc1. The molecule has 1 aliphatic heterocycles. The highest BCUT2D eigenvalue weighted by molar-refractivity contribution is 7.88. The summed E-state index contributed by atoms with van der Waals surface area (Å²) in [6.07, 6.45) is 3.99. The molecule has 134 valence electrons. The van der Waals surface area contributed by atoms with Crippen LogP contribution in [0.1, 0.15) is 37.8 Å². The number of carbonyl (C=O) groups is 1. The molecule has 1 fully saturated rings. The second kappa shape index (κ2) is 8.12. The number of rotatable bonds is 6. The van der Waals surface area contributed by atoms with Gasteiger partial charge in [-0.1, -0.05) is 38.1 Å². The van der Waals surface area contributed by atoms with Crippen molar-refractivity contribution in [1.82, 2.24) is 9.62 Å². The summed E-state index contributed by atoms with van der Waals surface area (Å²) in [5, 5.41) is 3.03. The molecule has 0 aromatic heterocycles. The first kappa shape index (κ1) is 18.9. The van der Waals surface area contributed by atoms with Crippen molar-refractivity contribution in [3.8, 4) is 0 Å². The van der Waals surface area contributed by atoms with Crippen LogP contribution in [0, 0.1) is 5.92 Å². The Morgan fingerprint density at radius 1 is 1.17 bits per heavy atom. The number of hydrogen-bond donors (Lipinski definition) is 1. The molecule has 1 aromatic rings. The topological polar surface area (TPSA) is 66.5 Å². The highest BCUT2D eigenvalue weighted by atomic mass is 32.2. The van der Waals surface area contributed by atoms with Crippen molar-refractivity contribution in [2.45, 2.75) is 45.6 Å². The van der Waals surface area contributed by atoms with Gasteiger partial charge in [-0.15, -0.1) is 0 Å². The van der Waals surface area contributed by atoms with Crippen LogP contribution in [0.4, 0.5) is 0 Å². The van der Waals surface area contributed by atoms with Gasteiger partial charge in [0, 0.05) is 19.1 Å². The zero-order chi connectivity index (χ0) is 17.7. The minimum Gasteiger partial charge on any atom is -0.353 e. The fourth-order valence-electron chi connectivity index (χ4n) is 3.06. The van der Waals surface area contributed by atoms with E-state index in [1.165, 1.54) is 16.1 Å². The van der Waals surface area contributed by atoms with Crippen LogP contribution in [0.15, 0.2) is 24.3 Å². The monoisotopic (exact) mass is 352 g/mol. The van der Waals surface area contributed by atoms with Crippen LogP contribution in [0.3, 0.4) is 0 Å². The maximum atomic E-state index is 12.2. The number of nitrogens with zero attached hydrogens (tertiary/aromatic N) is 1. The van der Waals surface area contributed by atoms with E-state index in [-0.39, 0.29) is 11.9 Å². The number of piperidine rings is 1. The second-order valence-electron chi connectivity index (χ2n) is 7.10. The molecular formula is C18H28N2O3S. The molecular weight excluding hydrogens is 324 g/mol. The van der Waals surface area contributed by atoms with Crippen LogP contribution in [-0.4, -0.2) is 44.0 Å². The zero-order valence-electron chi connectivity index (χ0n) is 14.8. The minimum atomic E-state index is -3.12. The van der Waals surface area contributed by atoms with Crippen LogP contribution in [0.2, 0.25) is 0 Å². The summed E-state index contributed by atoms with van der Waals surface area (Å²) in [5.74, 6) is 0.626. The molecule has 2 rings (SSSR count). The third kappa shape index (κ3) is 5.91. The summed E-state index contributed by atoms with van der Waals surface area (Å²) in [6.45, 7) is 5.34. The largest absolute Gasteiger partial charge is 0.353 e. The highest BCUT2D eigenvalue weighted by Crippen LogP contribution is 2.14. The third-order valence-corrected chi connectivity index (χ3v) is 5.62. The van der Waals surface area contributed by atoms with Crippen LogP contribution in [0.25, 0.3) is 0 Å². The van der Waals surface area contributed by atoms with Crippen molar-refractivity contribution >= 4 is 15.9 Å². The maximum absolute atomic E-state index is 12.2. The van der Waals surface area contributed by atoms with Gasteiger partial charge in [0.25, 0.3) is 0 Å². The molecule has 0 bridgehead atoms. The molecule has 1 saturated heterocycles. The summed E-state index contributed by atoms with van der Waals surface area (Å²) in [7, 11) is -3.12. The summed E-state index contributed by atoms with van der Waals surface area (Å²) in [4.78, 5) is 12.2. The Hall–Kier alpha value is -1.40. The van der Waals surface area contributed by atoms with E-state index in [2.05, 4.69) is 31.3 Å². The molecule has 0 unspecified atom stereocenters. The first-order valence-electron chi connectivity index (χ1n) is 8.56. The lowest BCUT2D eigenvalue weighted by Gasteiger charge is -2.30. The smallest absolute Gasteiger partial charge is 0.224 e. The fraction of sp³-hybridized carbons (Fsp3) is 0.611. The van der Waals surface area contributed by atoms with Crippen LogP contribution in [0.5, 0.6) is 0 Å². The van der Waals surface area contributed by atoms with E-state index in [1.54, 1.807) is 0 Å². The Balaban J connectivity index is 1.79. The Morgan fingerprint density at radius 3 is 2.21 bits per heavy atom. The summed E-state index contributed by atoms with van der Waals surface area (Å²) in [6, 6.07) is 8.28. The molecule has 1 amide bonds. The van der Waals surface area contributed by atoms with E-state index >= 15 is 0 Å². The molecule has 1 heterocycles. The molecule has 0 atom stereocenters. The van der Waals surface area contributed by atoms with E-state index < -0.39 is 10.0 Å². The lowest BCUT2D eigenvalue weighted by molar-refractivity contribution is -0.121. The normalized spacial score (nSPS) is 17.2. The zero-order valence-corrected chi connectivity index (χ0v) is 15.6. The molecule has 1 aliphatic rings. The minimum absolute atomic E-state index is 0.00409. The van der Waals surface area contributed by atoms with E-state index in [9.17, 15) is 13.2 Å². The van der Waals surface area contributed by atoms with Crippen molar-refractivity contribution in [1.29, 1.82) is 0 Å². The van der Waals surface area contributed by atoms with Crippen molar-refractivity contribution in [3.63, 3.8) is 0 Å². The first-order valence-corrected chi connectivity index (χ1v) is 10.4. The van der Waals surface area contributed by atoms with Gasteiger partial charge < -0.3 is 5.32 Å². The van der Waals surface area contributed by atoms with Gasteiger partial charge in [-0.25, -0.2) is 12.7 Å². The van der Waals surface area contributed by atoms with Gasteiger partial charge in [0.15, 0.2) is 0 Å². The number of carbonyl (C=O) groups excluding carboxylic acids is 1. The molecule has 0 radical (unpaired) electrons. The quantitative estimate of drug-likeness (QED) is 0.851. The van der Waals surface area contributed by atoms with Gasteiger partial charge in [0.2, 0.25) is 15.9 Å². The Labute approximate surface area is 145 Å². The number of amides is 1. The van der Waals surface area contributed by atoms with Gasteiger partial charge >= 0.3 is 0 Å². The number of nitrogens with one attached hydrogen (secondary N) is 1. The third-order valence-electron chi connectivity index (χ3n) is 4.32. The summed E-state index contributed by atoms with van der Waals surface area (Å²) >= 11 is 0. The van der Waals surface area contributed by atoms with Gasteiger partial charge in [-0.3, -0.25) is 4.79 Å². The Morgan fingerprint density at radius 2 is 1.71 bits per heavy atom. The van der Waals surface area contributed by atoms with E-state index in [4.69, 9.17) is 0 Å². The molecule has 24 heavy (non-hydrogen) atoms. The van der Waals surface area contributed by atoms with Crippen LogP contribution in [-0.2, 0) is 27.7 Å². The standard InChI is InChI=1S/C18H28N2O3S/c1-14(2)12-15-4-6-16(7-5-15)13-18(21)19-17-8-10-20(11-9-17)24(3,22)23/h4-7,14,17H,8-13H2,1-3H3,(H,19,21). The predicted octanol–water partition coefficient (Wildman–Crippen LogP) is 1.97. The van der Waals surface area contributed by atoms with E-state index in [0.29, 0.717) is 38.3 Å². The summed E-state index contributed by atoms with van der Waals surface area (Å²) < 4.78 is 24.5. The molecule has 1 aromatic carbocycles. The van der Waals surface area contributed by atoms with Crippen molar-refractivity contribution in [3.05, 3.63) is 35.4 Å². The molecule has 5 nitrogen and oxygen atoms in total. The Bertz CT molecular complexity index is 645. The van der Waals surface area contributed by atoms with E-state index in [1.807, 2.05) is 12.1 Å². The van der Waals surface area contributed by atoms with Gasteiger partial charge in [-0.05, 0) is 36.3 Å². The van der Waals surface area contributed by atoms with Gasteiger partial charge in [0.05, 0.1) is 12.7 Å². The van der Waals surface area contributed by atoms with Crippen molar-refractivity contribution in [2.75, 3.05) is 19.3 Å². The molecule has 0 spiro atoms. The number of hydrogen-bond acceptors (Lipinski definition) is 3. The first-order chi connectivity index (χ1) is 11.2. The second-order valence-corrected chi connectivity index (χ2v) is 9.08. The summed E-state index contributed by atoms with van der Waals surface area (Å²) in [5.41, 5.74) is 2.30. The molecule has 1 N–H and O–H groups in total. The fourth-order valence-corrected chi connectivity index (χ4v) is 3.93.